The largest absolute Gasteiger partial charge is 0.416 e. The van der Waals surface area contributed by atoms with E-state index in [1.165, 1.54) is 7.05 Å². The lowest BCUT2D eigenvalue weighted by atomic mass is 10.1. The zero-order valence-corrected chi connectivity index (χ0v) is 16.7. The lowest BCUT2D eigenvalue weighted by Gasteiger charge is -2.15. The second kappa shape index (κ2) is 9.14. The smallest absolute Gasteiger partial charge is 0.352 e. The highest BCUT2D eigenvalue weighted by Gasteiger charge is 2.33. The fraction of sp³-hybridized carbons (Fsp3) is 0.400. The van der Waals surface area contributed by atoms with Gasteiger partial charge in [-0.1, -0.05) is 6.07 Å². The van der Waals surface area contributed by atoms with Crippen molar-refractivity contribution >= 4 is 29.9 Å². The predicted octanol–water partition coefficient (Wildman–Crippen LogP) is 2.76. The molecule has 0 unspecified atom stereocenters. The summed E-state index contributed by atoms with van der Waals surface area (Å²) in [5.74, 6) is 0.744. The Labute approximate surface area is 165 Å². The average molecular weight is 486 g/mol. The van der Waals surface area contributed by atoms with Gasteiger partial charge in [0.25, 0.3) is 0 Å². The van der Waals surface area contributed by atoms with E-state index in [1.807, 2.05) is 0 Å². The fourth-order valence-electron chi connectivity index (χ4n) is 2.13. The van der Waals surface area contributed by atoms with Crippen LogP contribution in [-0.2, 0) is 26.3 Å². The lowest BCUT2D eigenvalue weighted by Crippen LogP contribution is -2.37. The number of benzene rings is 1. The van der Waals surface area contributed by atoms with E-state index in [2.05, 4.69) is 25.8 Å². The van der Waals surface area contributed by atoms with Crippen LogP contribution >= 0.6 is 24.0 Å². The van der Waals surface area contributed by atoms with E-state index >= 15 is 0 Å². The highest BCUT2D eigenvalue weighted by Crippen LogP contribution is 2.32. The van der Waals surface area contributed by atoms with Crippen molar-refractivity contribution in [1.29, 1.82) is 0 Å². The number of nitrogens with zero attached hydrogens (tertiary/aromatic N) is 4. The van der Waals surface area contributed by atoms with Gasteiger partial charge in [-0.25, -0.2) is 4.39 Å². The third-order valence-electron chi connectivity index (χ3n) is 3.64. The van der Waals surface area contributed by atoms with Crippen LogP contribution in [0.2, 0.25) is 0 Å². The van der Waals surface area contributed by atoms with Crippen molar-refractivity contribution in [3.63, 3.8) is 0 Å². The summed E-state index contributed by atoms with van der Waals surface area (Å²) >= 11 is 0. The predicted molar refractivity (Wildman–Crippen MR) is 99.6 cm³/mol. The van der Waals surface area contributed by atoms with Gasteiger partial charge in [0, 0.05) is 20.6 Å². The van der Waals surface area contributed by atoms with E-state index in [0.717, 1.165) is 18.0 Å². The monoisotopic (exact) mass is 486 g/mol. The summed E-state index contributed by atoms with van der Waals surface area (Å²) in [5.41, 5.74) is -1.09. The molecule has 1 heterocycles. The highest BCUT2D eigenvalue weighted by molar-refractivity contribution is 14.0. The number of guanidine groups is 1. The molecule has 26 heavy (non-hydrogen) atoms. The van der Waals surface area contributed by atoms with Crippen LogP contribution in [0.25, 0.3) is 0 Å². The lowest BCUT2D eigenvalue weighted by molar-refractivity contribution is -0.138. The zero-order chi connectivity index (χ0) is 18.6. The van der Waals surface area contributed by atoms with Gasteiger partial charge < -0.3 is 15.2 Å². The summed E-state index contributed by atoms with van der Waals surface area (Å²) in [4.78, 5) is 3.95. The minimum Gasteiger partial charge on any atom is -0.352 e. The summed E-state index contributed by atoms with van der Waals surface area (Å²) in [7, 11) is 3.29. The number of halogens is 5. The molecule has 1 aromatic carbocycles. The molecule has 0 fully saturated rings. The van der Waals surface area contributed by atoms with Gasteiger partial charge in [-0.05, 0) is 24.6 Å². The van der Waals surface area contributed by atoms with Gasteiger partial charge in [0.05, 0.1) is 12.1 Å². The molecule has 0 spiro atoms. The topological polar surface area (TPSA) is 67.1 Å². The van der Waals surface area contributed by atoms with Gasteiger partial charge in [0.1, 0.15) is 11.6 Å². The van der Waals surface area contributed by atoms with Crippen LogP contribution in [0.1, 0.15) is 22.8 Å². The minimum atomic E-state index is -4.63. The van der Waals surface area contributed by atoms with Gasteiger partial charge in [0.2, 0.25) is 0 Å². The number of aromatic nitrogens is 3. The van der Waals surface area contributed by atoms with Gasteiger partial charge in [-0.15, -0.1) is 34.2 Å². The number of aliphatic imine (C=N–C) groups is 1. The maximum atomic E-state index is 13.1. The molecular formula is C15H19F4IN6. The SMILES string of the molecule is CN=C(NCc1ccc(F)cc1C(F)(F)F)NCc1nnc(C)n1C.I. The van der Waals surface area contributed by atoms with Crippen LogP contribution in [0.5, 0.6) is 0 Å². The van der Waals surface area contributed by atoms with Gasteiger partial charge >= 0.3 is 6.18 Å². The maximum absolute atomic E-state index is 13.1. The highest BCUT2D eigenvalue weighted by atomic mass is 127. The molecule has 2 N–H and O–H groups in total. The van der Waals surface area contributed by atoms with Crippen molar-refractivity contribution in [2.24, 2.45) is 12.0 Å². The Morgan fingerprint density at radius 1 is 1.19 bits per heavy atom. The Bertz CT molecular complexity index is 772. The number of rotatable bonds is 4. The Kier molecular flexibility index (Phi) is 7.78. The van der Waals surface area contributed by atoms with Crippen molar-refractivity contribution in [3.8, 4) is 0 Å². The molecule has 0 atom stereocenters. The maximum Gasteiger partial charge on any atom is 0.416 e. The van der Waals surface area contributed by atoms with E-state index < -0.39 is 17.6 Å². The van der Waals surface area contributed by atoms with E-state index in [1.54, 1.807) is 18.5 Å². The number of alkyl halides is 3. The molecule has 144 valence electrons. The molecule has 0 radical (unpaired) electrons. The van der Waals surface area contributed by atoms with Crippen LogP contribution < -0.4 is 10.6 Å². The second-order valence-corrected chi connectivity index (χ2v) is 5.30. The fourth-order valence-corrected chi connectivity index (χ4v) is 2.13. The normalized spacial score (nSPS) is 11.9. The summed E-state index contributed by atoms with van der Waals surface area (Å²) in [6.07, 6.45) is -4.63. The molecule has 1 aromatic heterocycles. The molecule has 11 heteroatoms. The summed E-state index contributed by atoms with van der Waals surface area (Å²) < 4.78 is 53.9. The van der Waals surface area contributed by atoms with E-state index in [4.69, 9.17) is 0 Å². The summed E-state index contributed by atoms with van der Waals surface area (Å²) in [6, 6.07) is 2.57. The molecule has 0 saturated carbocycles. The van der Waals surface area contributed by atoms with Crippen LogP contribution in [0.15, 0.2) is 23.2 Å². The van der Waals surface area contributed by atoms with Crippen molar-refractivity contribution in [2.75, 3.05) is 7.05 Å². The molecule has 0 saturated heterocycles. The first-order valence-corrected chi connectivity index (χ1v) is 7.37. The molecule has 0 aliphatic carbocycles. The Hall–Kier alpha value is -1.92. The van der Waals surface area contributed by atoms with E-state index in [-0.39, 0.29) is 42.0 Å². The molecule has 2 aromatic rings. The van der Waals surface area contributed by atoms with Crippen LogP contribution in [-0.4, -0.2) is 27.8 Å². The summed E-state index contributed by atoms with van der Waals surface area (Å²) in [6.45, 7) is 1.94. The quantitative estimate of drug-likeness (QED) is 0.302. The van der Waals surface area contributed by atoms with Crippen LogP contribution in [0.4, 0.5) is 17.6 Å². The van der Waals surface area contributed by atoms with Gasteiger partial charge in [-0.2, -0.15) is 13.2 Å². The number of aryl methyl sites for hydroxylation is 1. The van der Waals surface area contributed by atoms with Crippen molar-refractivity contribution in [2.45, 2.75) is 26.2 Å². The van der Waals surface area contributed by atoms with E-state index in [9.17, 15) is 17.6 Å². The molecule has 0 aliphatic heterocycles. The van der Waals surface area contributed by atoms with Gasteiger partial charge in [0.15, 0.2) is 11.8 Å². The average Bonchev–Trinajstić information content (AvgIpc) is 2.87. The number of hydrogen-bond acceptors (Lipinski definition) is 3. The second-order valence-electron chi connectivity index (χ2n) is 5.30. The molecule has 0 aliphatic rings. The van der Waals surface area contributed by atoms with E-state index in [0.29, 0.717) is 18.4 Å². The Balaban J connectivity index is 0.00000338. The summed E-state index contributed by atoms with van der Waals surface area (Å²) in [5, 5.41) is 13.6. The van der Waals surface area contributed by atoms with Crippen LogP contribution in [0.3, 0.4) is 0 Å². The molecular weight excluding hydrogens is 467 g/mol. The number of hydrogen-bond donors (Lipinski definition) is 2. The first-order valence-electron chi connectivity index (χ1n) is 7.37. The van der Waals surface area contributed by atoms with Crippen molar-refractivity contribution in [3.05, 3.63) is 46.8 Å². The zero-order valence-electron chi connectivity index (χ0n) is 14.4. The third-order valence-corrected chi connectivity index (χ3v) is 3.64. The Morgan fingerprint density at radius 3 is 2.38 bits per heavy atom. The van der Waals surface area contributed by atoms with Gasteiger partial charge in [-0.3, -0.25) is 4.99 Å². The standard InChI is InChI=1S/C15H18F4N6.HI/c1-9-23-24-13(25(9)3)8-22-14(20-2)21-7-10-4-5-11(16)6-12(10)15(17,18)19;/h4-6H,7-8H2,1-3H3,(H2,20,21,22);1H. The molecule has 2 rings (SSSR count). The number of nitrogens with one attached hydrogen (secondary N) is 2. The first kappa shape index (κ1) is 22.1. The first-order chi connectivity index (χ1) is 11.7. The van der Waals surface area contributed by atoms with Crippen LogP contribution in [0, 0.1) is 12.7 Å². The molecule has 6 nitrogen and oxygen atoms in total. The molecule has 0 amide bonds. The Morgan fingerprint density at radius 2 is 1.85 bits per heavy atom. The van der Waals surface area contributed by atoms with Crippen molar-refractivity contribution < 1.29 is 17.6 Å². The van der Waals surface area contributed by atoms with Crippen molar-refractivity contribution in [1.82, 2.24) is 25.4 Å². The minimum absolute atomic E-state index is 0. The third kappa shape index (κ3) is 5.54. The molecule has 0 bridgehead atoms.